The van der Waals surface area contributed by atoms with Crippen LogP contribution in [0.5, 0.6) is 0 Å². The van der Waals surface area contributed by atoms with Gasteiger partial charge in [0.2, 0.25) is 0 Å². The maximum absolute atomic E-state index is 11.2. The number of nitro benzene ring substituents is 1. The maximum atomic E-state index is 11.2. The fourth-order valence-corrected chi connectivity index (χ4v) is 1.37. The fraction of sp³-hybridized carbons (Fsp3) is 0.125. The molecule has 0 fully saturated rings. The Bertz CT molecular complexity index is 433. The number of rotatable bonds is 2. The van der Waals surface area contributed by atoms with Crippen LogP contribution in [0.1, 0.15) is 10.4 Å². The third-order valence-electron chi connectivity index (χ3n) is 1.75. The van der Waals surface area contributed by atoms with Crippen molar-refractivity contribution in [1.82, 2.24) is 0 Å². The van der Waals surface area contributed by atoms with E-state index in [1.165, 1.54) is 12.1 Å². The lowest BCUT2D eigenvalue weighted by Crippen LogP contribution is -2.08. The number of hydrogen-bond acceptors (Lipinski definition) is 5. The summed E-state index contributed by atoms with van der Waals surface area (Å²) in [6.45, 7) is 0. The molecule has 0 aromatic heterocycles. The van der Waals surface area contributed by atoms with E-state index >= 15 is 0 Å². The lowest BCUT2D eigenvalue weighted by Gasteiger charge is -2.04. The first-order chi connectivity index (χ1) is 6.99. The van der Waals surface area contributed by atoms with Crippen molar-refractivity contribution in [2.24, 2.45) is 0 Å². The number of carbonyl (C=O) groups is 1. The van der Waals surface area contributed by atoms with Crippen LogP contribution in [0.15, 0.2) is 16.6 Å². The number of anilines is 1. The molecule has 6 nitrogen and oxygen atoms in total. The summed E-state index contributed by atoms with van der Waals surface area (Å²) in [5.74, 6) is -0.791. The highest BCUT2D eigenvalue weighted by molar-refractivity contribution is 9.10. The van der Waals surface area contributed by atoms with Gasteiger partial charge in [0.25, 0.3) is 0 Å². The number of nitro groups is 1. The van der Waals surface area contributed by atoms with E-state index in [-0.39, 0.29) is 11.3 Å². The third-order valence-corrected chi connectivity index (χ3v) is 2.44. The molecule has 1 aromatic carbocycles. The number of carbonyl (C=O) groups excluding carboxylic acids is 1. The molecule has 80 valence electrons. The first kappa shape index (κ1) is 11.4. The Kier molecular flexibility index (Phi) is 3.25. The minimum atomic E-state index is -0.791. The van der Waals surface area contributed by atoms with Crippen LogP contribution in [0.25, 0.3) is 0 Å². The first-order valence-corrected chi connectivity index (χ1v) is 4.59. The van der Waals surface area contributed by atoms with E-state index in [0.29, 0.717) is 4.47 Å². The smallest absolute Gasteiger partial charge is 0.344 e. The molecular weight excluding hydrogens is 268 g/mol. The van der Waals surface area contributed by atoms with Crippen molar-refractivity contribution in [3.8, 4) is 0 Å². The van der Waals surface area contributed by atoms with Crippen molar-refractivity contribution < 1.29 is 14.5 Å². The van der Waals surface area contributed by atoms with Gasteiger partial charge >= 0.3 is 11.7 Å². The molecule has 15 heavy (non-hydrogen) atoms. The lowest BCUT2D eigenvalue weighted by atomic mass is 10.1. The van der Waals surface area contributed by atoms with Gasteiger partial charge in [-0.05, 0) is 28.1 Å². The highest BCUT2D eigenvalue weighted by Gasteiger charge is 2.25. The van der Waals surface area contributed by atoms with Gasteiger partial charge in [0.05, 0.1) is 12.0 Å². The predicted octanol–water partition coefficient (Wildman–Crippen LogP) is 1.73. The summed E-state index contributed by atoms with van der Waals surface area (Å²) in [6.07, 6.45) is 0. The number of nitrogen functional groups attached to an aromatic ring is 1. The number of benzene rings is 1. The van der Waals surface area contributed by atoms with Crippen LogP contribution in [0, 0.1) is 10.1 Å². The van der Waals surface area contributed by atoms with E-state index < -0.39 is 16.6 Å². The van der Waals surface area contributed by atoms with E-state index in [9.17, 15) is 14.9 Å². The Hall–Kier alpha value is -1.63. The highest BCUT2D eigenvalue weighted by Crippen LogP contribution is 2.33. The molecule has 0 aliphatic heterocycles. The third kappa shape index (κ3) is 2.07. The molecule has 0 unspecified atom stereocenters. The summed E-state index contributed by atoms with van der Waals surface area (Å²) in [4.78, 5) is 21.2. The second-order valence-electron chi connectivity index (χ2n) is 2.61. The van der Waals surface area contributed by atoms with Crippen molar-refractivity contribution in [2.75, 3.05) is 12.8 Å². The molecule has 0 aliphatic rings. The van der Waals surface area contributed by atoms with Crippen molar-refractivity contribution in [2.45, 2.75) is 0 Å². The molecule has 0 bridgehead atoms. The van der Waals surface area contributed by atoms with E-state index in [1.807, 2.05) is 0 Å². The Morgan fingerprint density at radius 2 is 2.20 bits per heavy atom. The van der Waals surface area contributed by atoms with Crippen molar-refractivity contribution >= 4 is 33.3 Å². The van der Waals surface area contributed by atoms with Gasteiger partial charge in [-0.2, -0.15) is 0 Å². The van der Waals surface area contributed by atoms with Gasteiger partial charge < -0.3 is 10.5 Å². The number of methoxy groups -OCH3 is 1. The molecule has 0 amide bonds. The Morgan fingerprint density at radius 1 is 1.60 bits per heavy atom. The van der Waals surface area contributed by atoms with Crippen LogP contribution < -0.4 is 5.73 Å². The maximum Gasteiger partial charge on any atom is 0.344 e. The van der Waals surface area contributed by atoms with E-state index in [2.05, 4.69) is 20.7 Å². The second-order valence-corrected chi connectivity index (χ2v) is 3.46. The van der Waals surface area contributed by atoms with Crippen LogP contribution in [-0.2, 0) is 4.74 Å². The van der Waals surface area contributed by atoms with Crippen LogP contribution in [0.2, 0.25) is 0 Å². The molecule has 1 rings (SSSR count). The molecular formula is C8H7BrN2O4. The van der Waals surface area contributed by atoms with Gasteiger partial charge in [-0.3, -0.25) is 10.1 Å². The zero-order chi connectivity index (χ0) is 11.6. The molecule has 0 atom stereocenters. The van der Waals surface area contributed by atoms with E-state index in [0.717, 1.165) is 7.11 Å². The number of hydrogen-bond donors (Lipinski definition) is 1. The summed E-state index contributed by atoms with van der Waals surface area (Å²) in [5, 5.41) is 10.7. The van der Waals surface area contributed by atoms with Gasteiger partial charge in [0.1, 0.15) is 11.3 Å². The van der Waals surface area contributed by atoms with E-state index in [1.54, 1.807) is 0 Å². The van der Waals surface area contributed by atoms with Crippen LogP contribution in [-0.4, -0.2) is 18.0 Å². The molecule has 0 saturated carbocycles. The number of ether oxygens (including phenoxy) is 1. The molecule has 0 aliphatic carbocycles. The quantitative estimate of drug-likeness (QED) is 0.383. The minimum Gasteiger partial charge on any atom is -0.465 e. The predicted molar refractivity (Wildman–Crippen MR) is 56.5 cm³/mol. The highest BCUT2D eigenvalue weighted by atomic mass is 79.9. The summed E-state index contributed by atoms with van der Waals surface area (Å²) in [7, 11) is 1.14. The van der Waals surface area contributed by atoms with Gasteiger partial charge in [0.15, 0.2) is 0 Å². The number of halogens is 1. The van der Waals surface area contributed by atoms with Crippen molar-refractivity contribution in [3.63, 3.8) is 0 Å². The Labute approximate surface area is 93.3 Å². The summed E-state index contributed by atoms with van der Waals surface area (Å²) < 4.78 is 4.77. The van der Waals surface area contributed by atoms with Crippen molar-refractivity contribution in [1.29, 1.82) is 0 Å². The minimum absolute atomic E-state index is 0.0945. The van der Waals surface area contributed by atoms with Gasteiger partial charge in [-0.25, -0.2) is 4.79 Å². The SMILES string of the molecule is COC(=O)c1ccc(Br)c(N)c1[N+](=O)[O-]. The Morgan fingerprint density at radius 3 is 2.67 bits per heavy atom. The summed E-state index contributed by atoms with van der Waals surface area (Å²) in [5.41, 5.74) is 4.77. The molecule has 1 aromatic rings. The van der Waals surface area contributed by atoms with Crippen LogP contribution >= 0.6 is 15.9 Å². The number of esters is 1. The van der Waals surface area contributed by atoms with Crippen LogP contribution in [0.4, 0.5) is 11.4 Å². The van der Waals surface area contributed by atoms with E-state index in [4.69, 9.17) is 5.73 Å². The summed E-state index contributed by atoms with van der Waals surface area (Å²) in [6, 6.07) is 2.74. The fourth-order valence-electron chi connectivity index (χ4n) is 1.05. The molecule has 7 heteroatoms. The average molecular weight is 275 g/mol. The molecule has 0 spiro atoms. The molecule has 0 heterocycles. The normalized spacial score (nSPS) is 9.73. The van der Waals surface area contributed by atoms with Crippen molar-refractivity contribution in [3.05, 3.63) is 32.3 Å². The molecule has 0 radical (unpaired) electrons. The second kappa shape index (κ2) is 4.26. The standard InChI is InChI=1S/C8H7BrN2O4/c1-15-8(12)4-2-3-5(9)6(10)7(4)11(13)14/h2-3H,10H2,1H3. The van der Waals surface area contributed by atoms with Gasteiger partial charge in [-0.15, -0.1) is 0 Å². The van der Waals surface area contributed by atoms with Gasteiger partial charge in [-0.1, -0.05) is 0 Å². The number of nitrogens with zero attached hydrogens (tertiary/aromatic N) is 1. The molecule has 0 saturated heterocycles. The number of nitrogens with two attached hydrogens (primary N) is 1. The average Bonchev–Trinajstić information content (AvgIpc) is 2.20. The molecule has 2 N–H and O–H groups in total. The zero-order valence-electron chi connectivity index (χ0n) is 7.69. The lowest BCUT2D eigenvalue weighted by molar-refractivity contribution is -0.384. The summed E-state index contributed by atoms with van der Waals surface area (Å²) >= 11 is 3.04. The first-order valence-electron chi connectivity index (χ1n) is 3.79. The topological polar surface area (TPSA) is 95.5 Å². The Balaban J connectivity index is 3.46. The zero-order valence-corrected chi connectivity index (χ0v) is 9.28. The van der Waals surface area contributed by atoms with Gasteiger partial charge in [0, 0.05) is 4.47 Å². The monoisotopic (exact) mass is 274 g/mol. The van der Waals surface area contributed by atoms with Crippen LogP contribution in [0.3, 0.4) is 0 Å². The largest absolute Gasteiger partial charge is 0.465 e.